The average Bonchev–Trinajstić information content (AvgIpc) is 2.38. The van der Waals surface area contributed by atoms with Crippen molar-refractivity contribution in [3.8, 4) is 0 Å². The van der Waals surface area contributed by atoms with Gasteiger partial charge in [0.2, 0.25) is 0 Å². The van der Waals surface area contributed by atoms with Crippen LogP contribution in [0, 0.1) is 17.7 Å². The Morgan fingerprint density at radius 2 is 2.05 bits per heavy atom. The summed E-state index contributed by atoms with van der Waals surface area (Å²) in [6, 6.07) is 7.78. The second-order valence-electron chi connectivity index (χ2n) is 6.80. The summed E-state index contributed by atoms with van der Waals surface area (Å²) in [6.07, 6.45) is 6.58. The monoisotopic (exact) mass is 277 g/mol. The molecule has 20 heavy (non-hydrogen) atoms. The molecule has 112 valence electrons. The minimum atomic E-state index is -0.141. The normalized spacial score (nSPS) is 24.9. The number of benzene rings is 1. The zero-order valence-electron chi connectivity index (χ0n) is 13.0. The molecule has 2 heteroatoms. The summed E-state index contributed by atoms with van der Waals surface area (Å²) in [6.45, 7) is 6.76. The van der Waals surface area contributed by atoms with E-state index in [1.807, 2.05) is 6.07 Å². The third-order valence-corrected chi connectivity index (χ3v) is 4.42. The largest absolute Gasteiger partial charge is 0.307 e. The van der Waals surface area contributed by atoms with E-state index < -0.39 is 0 Å². The molecule has 0 aliphatic heterocycles. The molecule has 1 aromatic rings. The number of rotatable bonds is 5. The molecular formula is C18H28FN. The van der Waals surface area contributed by atoms with Crippen LogP contribution < -0.4 is 5.32 Å². The summed E-state index contributed by atoms with van der Waals surface area (Å²) in [7, 11) is 0. The van der Waals surface area contributed by atoms with Gasteiger partial charge >= 0.3 is 0 Å². The summed E-state index contributed by atoms with van der Waals surface area (Å²) in [4.78, 5) is 0. The third kappa shape index (κ3) is 4.59. The van der Waals surface area contributed by atoms with Crippen LogP contribution in [0.2, 0.25) is 0 Å². The number of halogens is 1. The maximum atomic E-state index is 13.3. The smallest absolute Gasteiger partial charge is 0.123 e. The Kier molecular flexibility index (Phi) is 5.59. The molecule has 0 aromatic heterocycles. The molecule has 0 amide bonds. The Balaban J connectivity index is 1.89. The van der Waals surface area contributed by atoms with Crippen LogP contribution in [0.5, 0.6) is 0 Å². The molecule has 1 aliphatic carbocycles. The van der Waals surface area contributed by atoms with Crippen LogP contribution in [0.1, 0.15) is 64.5 Å². The molecule has 1 aromatic carbocycles. The summed E-state index contributed by atoms with van der Waals surface area (Å²) in [5.74, 6) is 1.51. The van der Waals surface area contributed by atoms with E-state index in [9.17, 15) is 4.39 Å². The van der Waals surface area contributed by atoms with Gasteiger partial charge in [-0.05, 0) is 55.7 Å². The molecule has 3 atom stereocenters. The Labute approximate surface area is 123 Å². The average molecular weight is 277 g/mol. The molecule has 1 fully saturated rings. The predicted octanol–water partition coefficient (Wildman–Crippen LogP) is 5.08. The van der Waals surface area contributed by atoms with Gasteiger partial charge in [-0.3, -0.25) is 0 Å². The molecule has 1 aliphatic rings. The number of hydrogen-bond acceptors (Lipinski definition) is 1. The van der Waals surface area contributed by atoms with Crippen molar-refractivity contribution in [2.45, 2.75) is 65.0 Å². The summed E-state index contributed by atoms with van der Waals surface area (Å²) in [5.41, 5.74) is 1.05. The molecule has 0 saturated heterocycles. The SMILES string of the molecule is CC(C)CC1CCCC(NC(C)c2cccc(F)c2)C1. The minimum absolute atomic E-state index is 0.141. The van der Waals surface area contributed by atoms with Gasteiger partial charge < -0.3 is 5.32 Å². The quantitative estimate of drug-likeness (QED) is 0.791. The highest BCUT2D eigenvalue weighted by Gasteiger charge is 2.23. The lowest BCUT2D eigenvalue weighted by molar-refractivity contribution is 0.242. The first-order chi connectivity index (χ1) is 9.54. The Bertz CT molecular complexity index is 416. The van der Waals surface area contributed by atoms with E-state index in [1.54, 1.807) is 12.1 Å². The van der Waals surface area contributed by atoms with Crippen LogP contribution in [0.4, 0.5) is 4.39 Å². The molecule has 0 heterocycles. The van der Waals surface area contributed by atoms with E-state index >= 15 is 0 Å². The zero-order valence-corrected chi connectivity index (χ0v) is 13.0. The fourth-order valence-electron chi connectivity index (χ4n) is 3.55. The first-order valence-corrected chi connectivity index (χ1v) is 8.06. The zero-order chi connectivity index (χ0) is 14.5. The lowest BCUT2D eigenvalue weighted by atomic mass is 9.81. The highest BCUT2D eigenvalue weighted by molar-refractivity contribution is 5.19. The number of nitrogens with one attached hydrogen (secondary N) is 1. The Morgan fingerprint density at radius 3 is 2.75 bits per heavy atom. The molecule has 0 bridgehead atoms. The van der Waals surface area contributed by atoms with Crippen molar-refractivity contribution in [3.63, 3.8) is 0 Å². The summed E-state index contributed by atoms with van der Waals surface area (Å²) < 4.78 is 13.3. The maximum absolute atomic E-state index is 13.3. The van der Waals surface area contributed by atoms with E-state index in [2.05, 4.69) is 26.1 Å². The van der Waals surface area contributed by atoms with Crippen LogP contribution in [0.3, 0.4) is 0 Å². The van der Waals surface area contributed by atoms with Crippen molar-refractivity contribution in [2.24, 2.45) is 11.8 Å². The first-order valence-electron chi connectivity index (χ1n) is 8.06. The van der Waals surface area contributed by atoms with Gasteiger partial charge in [0.25, 0.3) is 0 Å². The predicted molar refractivity (Wildman–Crippen MR) is 83.2 cm³/mol. The van der Waals surface area contributed by atoms with Crippen LogP contribution in [0.25, 0.3) is 0 Å². The van der Waals surface area contributed by atoms with E-state index in [1.165, 1.54) is 38.2 Å². The van der Waals surface area contributed by atoms with Crippen LogP contribution in [0.15, 0.2) is 24.3 Å². The minimum Gasteiger partial charge on any atom is -0.307 e. The van der Waals surface area contributed by atoms with Crippen LogP contribution in [-0.2, 0) is 0 Å². The maximum Gasteiger partial charge on any atom is 0.123 e. The molecule has 1 nitrogen and oxygen atoms in total. The molecule has 1 saturated carbocycles. The standard InChI is InChI=1S/C18H28FN/c1-13(2)10-15-6-4-9-18(11-15)20-14(3)16-7-5-8-17(19)12-16/h5,7-8,12-15,18,20H,4,6,9-11H2,1-3H3. The van der Waals surface area contributed by atoms with Crippen molar-refractivity contribution >= 4 is 0 Å². The van der Waals surface area contributed by atoms with Crippen LogP contribution in [-0.4, -0.2) is 6.04 Å². The molecule has 0 radical (unpaired) electrons. The van der Waals surface area contributed by atoms with E-state index in [-0.39, 0.29) is 11.9 Å². The first kappa shape index (κ1) is 15.5. The van der Waals surface area contributed by atoms with Gasteiger partial charge in [0.1, 0.15) is 5.82 Å². The molecular weight excluding hydrogens is 249 g/mol. The van der Waals surface area contributed by atoms with Crippen molar-refractivity contribution in [1.82, 2.24) is 5.32 Å². The van der Waals surface area contributed by atoms with Gasteiger partial charge in [-0.15, -0.1) is 0 Å². The number of hydrogen-bond donors (Lipinski definition) is 1. The fraction of sp³-hybridized carbons (Fsp3) is 0.667. The lowest BCUT2D eigenvalue weighted by Crippen LogP contribution is -2.36. The van der Waals surface area contributed by atoms with Gasteiger partial charge in [0, 0.05) is 12.1 Å². The van der Waals surface area contributed by atoms with Crippen LogP contribution >= 0.6 is 0 Å². The van der Waals surface area contributed by atoms with Crippen molar-refractivity contribution in [2.75, 3.05) is 0 Å². The van der Waals surface area contributed by atoms with E-state index in [0.29, 0.717) is 6.04 Å². The molecule has 3 unspecified atom stereocenters. The summed E-state index contributed by atoms with van der Waals surface area (Å²) in [5, 5.41) is 3.70. The van der Waals surface area contributed by atoms with E-state index in [0.717, 1.165) is 17.4 Å². The third-order valence-electron chi connectivity index (χ3n) is 4.42. The van der Waals surface area contributed by atoms with Gasteiger partial charge in [-0.2, -0.15) is 0 Å². The van der Waals surface area contributed by atoms with E-state index in [4.69, 9.17) is 0 Å². The highest BCUT2D eigenvalue weighted by Crippen LogP contribution is 2.30. The second-order valence-corrected chi connectivity index (χ2v) is 6.80. The summed E-state index contributed by atoms with van der Waals surface area (Å²) >= 11 is 0. The highest BCUT2D eigenvalue weighted by atomic mass is 19.1. The van der Waals surface area contributed by atoms with Crippen molar-refractivity contribution < 1.29 is 4.39 Å². The van der Waals surface area contributed by atoms with Gasteiger partial charge in [0.05, 0.1) is 0 Å². The second kappa shape index (κ2) is 7.21. The Morgan fingerprint density at radius 1 is 1.25 bits per heavy atom. The Hall–Kier alpha value is -0.890. The topological polar surface area (TPSA) is 12.0 Å². The molecule has 2 rings (SSSR count). The van der Waals surface area contributed by atoms with Gasteiger partial charge in [-0.1, -0.05) is 38.8 Å². The van der Waals surface area contributed by atoms with Gasteiger partial charge in [-0.25, -0.2) is 4.39 Å². The molecule has 0 spiro atoms. The van der Waals surface area contributed by atoms with Crippen molar-refractivity contribution in [3.05, 3.63) is 35.6 Å². The van der Waals surface area contributed by atoms with Crippen molar-refractivity contribution in [1.29, 1.82) is 0 Å². The lowest BCUT2D eigenvalue weighted by Gasteiger charge is -2.33. The van der Waals surface area contributed by atoms with Gasteiger partial charge in [0.15, 0.2) is 0 Å². The molecule has 1 N–H and O–H groups in total. The fourth-order valence-corrected chi connectivity index (χ4v) is 3.55.